The smallest absolute Gasteiger partial charge is 0.243 e. The van der Waals surface area contributed by atoms with Crippen molar-refractivity contribution >= 4 is 5.91 Å². The number of nitriles is 2. The van der Waals surface area contributed by atoms with Crippen molar-refractivity contribution in [1.82, 2.24) is 4.90 Å². The molecule has 4 nitrogen and oxygen atoms in total. The molecule has 0 unspecified atom stereocenters. The second kappa shape index (κ2) is 4.75. The number of hydrogen-bond donors (Lipinski definition) is 0. The van der Waals surface area contributed by atoms with Gasteiger partial charge in [0.05, 0.1) is 12.1 Å². The van der Waals surface area contributed by atoms with Crippen LogP contribution in [0.2, 0.25) is 0 Å². The van der Waals surface area contributed by atoms with Crippen molar-refractivity contribution in [3.8, 4) is 12.1 Å². The fourth-order valence-corrected chi connectivity index (χ4v) is 2.87. The van der Waals surface area contributed by atoms with E-state index in [1.54, 1.807) is 4.90 Å². The predicted molar refractivity (Wildman–Crippen MR) is 61.4 cm³/mol. The summed E-state index contributed by atoms with van der Waals surface area (Å²) in [6.07, 6.45) is 4.89. The molecule has 1 aliphatic carbocycles. The van der Waals surface area contributed by atoms with Crippen LogP contribution in [-0.4, -0.2) is 23.9 Å². The molecule has 2 aliphatic rings. The maximum Gasteiger partial charge on any atom is 0.243 e. The summed E-state index contributed by atoms with van der Waals surface area (Å²) in [6.45, 7) is 1.28. The lowest BCUT2D eigenvalue weighted by atomic mass is 9.85. The van der Waals surface area contributed by atoms with Crippen LogP contribution in [0.4, 0.5) is 0 Å². The Balaban J connectivity index is 2.02. The summed E-state index contributed by atoms with van der Waals surface area (Å²) in [7, 11) is 0. The molecule has 0 aromatic carbocycles. The van der Waals surface area contributed by atoms with E-state index in [4.69, 9.17) is 5.26 Å². The van der Waals surface area contributed by atoms with Gasteiger partial charge in [0, 0.05) is 19.0 Å². The summed E-state index contributed by atoms with van der Waals surface area (Å²) in [4.78, 5) is 14.2. The molecule has 1 aliphatic heterocycles. The second-order valence-corrected chi connectivity index (χ2v) is 5.10. The van der Waals surface area contributed by atoms with Gasteiger partial charge in [-0.15, -0.1) is 0 Å². The third-order valence-electron chi connectivity index (χ3n) is 4.05. The Morgan fingerprint density at radius 2 is 1.76 bits per heavy atom. The van der Waals surface area contributed by atoms with Crippen LogP contribution in [0.5, 0.6) is 0 Å². The number of rotatable bonds is 1. The van der Waals surface area contributed by atoms with Crippen LogP contribution in [0.15, 0.2) is 0 Å². The van der Waals surface area contributed by atoms with Crippen LogP contribution in [0, 0.1) is 34.0 Å². The molecular weight excluding hydrogens is 214 g/mol. The van der Waals surface area contributed by atoms with E-state index in [2.05, 4.69) is 12.1 Å². The molecule has 0 bridgehead atoms. The molecule has 1 saturated heterocycles. The Hall–Kier alpha value is -1.55. The Morgan fingerprint density at radius 3 is 2.24 bits per heavy atom. The molecule has 1 heterocycles. The molecule has 2 fully saturated rings. The van der Waals surface area contributed by atoms with E-state index in [1.165, 1.54) is 0 Å². The summed E-state index contributed by atoms with van der Waals surface area (Å²) in [5, 5.41) is 18.1. The molecular formula is C13H17N3O. The third-order valence-corrected chi connectivity index (χ3v) is 4.05. The van der Waals surface area contributed by atoms with E-state index in [1.807, 2.05) is 0 Å². The van der Waals surface area contributed by atoms with Gasteiger partial charge in [-0.25, -0.2) is 0 Å². The number of nitrogens with zero attached hydrogens (tertiary/aromatic N) is 3. The van der Waals surface area contributed by atoms with Crippen molar-refractivity contribution in [3.05, 3.63) is 0 Å². The average Bonchev–Trinajstić information content (AvgIpc) is 2.88. The fourth-order valence-electron chi connectivity index (χ4n) is 2.87. The molecule has 4 heteroatoms. The minimum Gasteiger partial charge on any atom is -0.341 e. The van der Waals surface area contributed by atoms with Crippen LogP contribution >= 0.6 is 0 Å². The maximum absolute atomic E-state index is 12.4. The number of piperidine rings is 1. The van der Waals surface area contributed by atoms with Gasteiger partial charge in [0.2, 0.25) is 5.91 Å². The summed E-state index contributed by atoms with van der Waals surface area (Å²) < 4.78 is 0. The van der Waals surface area contributed by atoms with Gasteiger partial charge in [-0.3, -0.25) is 4.79 Å². The maximum atomic E-state index is 12.4. The number of likely N-dealkylation sites (tertiary alicyclic amines) is 1. The molecule has 0 aromatic heterocycles. The normalized spacial score (nSPS) is 24.0. The van der Waals surface area contributed by atoms with Gasteiger partial charge < -0.3 is 4.90 Å². The Morgan fingerprint density at radius 1 is 1.18 bits per heavy atom. The average molecular weight is 231 g/mol. The molecule has 0 radical (unpaired) electrons. The van der Waals surface area contributed by atoms with Crippen molar-refractivity contribution in [3.63, 3.8) is 0 Å². The van der Waals surface area contributed by atoms with E-state index in [0.717, 1.165) is 25.7 Å². The SMILES string of the molecule is N#CC1CCN(C(=O)C2(C#N)CCCC2)CC1. The van der Waals surface area contributed by atoms with E-state index in [-0.39, 0.29) is 11.8 Å². The van der Waals surface area contributed by atoms with Gasteiger partial charge in [-0.1, -0.05) is 12.8 Å². The van der Waals surface area contributed by atoms with Crippen LogP contribution in [0.25, 0.3) is 0 Å². The molecule has 90 valence electrons. The lowest BCUT2D eigenvalue weighted by Gasteiger charge is -2.34. The molecule has 1 saturated carbocycles. The van der Waals surface area contributed by atoms with Crippen LogP contribution in [-0.2, 0) is 4.79 Å². The fraction of sp³-hybridized carbons (Fsp3) is 0.769. The van der Waals surface area contributed by atoms with E-state index in [0.29, 0.717) is 25.9 Å². The zero-order chi connectivity index (χ0) is 12.3. The highest BCUT2D eigenvalue weighted by Gasteiger charge is 2.44. The Kier molecular flexibility index (Phi) is 3.33. The molecule has 0 N–H and O–H groups in total. The molecule has 17 heavy (non-hydrogen) atoms. The Bertz CT molecular complexity index is 376. The molecule has 0 spiro atoms. The lowest BCUT2D eigenvalue weighted by Crippen LogP contribution is -2.45. The van der Waals surface area contributed by atoms with Crippen LogP contribution in [0.3, 0.4) is 0 Å². The van der Waals surface area contributed by atoms with Crippen molar-refractivity contribution < 1.29 is 4.79 Å². The second-order valence-electron chi connectivity index (χ2n) is 5.10. The third kappa shape index (κ3) is 2.13. The largest absolute Gasteiger partial charge is 0.341 e. The highest BCUT2D eigenvalue weighted by molar-refractivity contribution is 5.85. The number of carbonyl (C=O) groups excluding carboxylic acids is 1. The van der Waals surface area contributed by atoms with Crippen LogP contribution < -0.4 is 0 Å². The minimum absolute atomic E-state index is 0.00823. The van der Waals surface area contributed by atoms with Gasteiger partial charge in [-0.2, -0.15) is 10.5 Å². The minimum atomic E-state index is -0.751. The first-order valence-electron chi connectivity index (χ1n) is 6.32. The van der Waals surface area contributed by atoms with Gasteiger partial charge in [0.15, 0.2) is 0 Å². The number of hydrogen-bond acceptors (Lipinski definition) is 3. The van der Waals surface area contributed by atoms with E-state index >= 15 is 0 Å². The summed E-state index contributed by atoms with van der Waals surface area (Å²) in [6, 6.07) is 4.50. The van der Waals surface area contributed by atoms with Crippen molar-refractivity contribution in [2.75, 3.05) is 13.1 Å². The van der Waals surface area contributed by atoms with E-state index in [9.17, 15) is 10.1 Å². The highest BCUT2D eigenvalue weighted by atomic mass is 16.2. The topological polar surface area (TPSA) is 67.9 Å². The molecule has 2 rings (SSSR count). The first kappa shape index (κ1) is 11.9. The Labute approximate surface area is 102 Å². The number of carbonyl (C=O) groups is 1. The zero-order valence-corrected chi connectivity index (χ0v) is 9.98. The monoisotopic (exact) mass is 231 g/mol. The lowest BCUT2D eigenvalue weighted by molar-refractivity contribution is -0.140. The molecule has 1 amide bonds. The first-order valence-corrected chi connectivity index (χ1v) is 6.32. The summed E-state index contributed by atoms with van der Waals surface area (Å²) >= 11 is 0. The van der Waals surface area contributed by atoms with Gasteiger partial charge >= 0.3 is 0 Å². The van der Waals surface area contributed by atoms with Gasteiger partial charge in [-0.05, 0) is 25.7 Å². The highest BCUT2D eigenvalue weighted by Crippen LogP contribution is 2.39. The summed E-state index contributed by atoms with van der Waals surface area (Å²) in [5.74, 6) is 0.0922. The van der Waals surface area contributed by atoms with Crippen molar-refractivity contribution in [1.29, 1.82) is 10.5 Å². The standard InChI is InChI=1S/C13H17N3O/c14-9-11-3-7-16(8-4-11)12(17)13(10-15)5-1-2-6-13/h11H,1-8H2. The predicted octanol–water partition coefficient (Wildman–Crippen LogP) is 1.83. The quantitative estimate of drug-likeness (QED) is 0.691. The van der Waals surface area contributed by atoms with Crippen molar-refractivity contribution in [2.45, 2.75) is 38.5 Å². The van der Waals surface area contributed by atoms with Gasteiger partial charge in [0.1, 0.15) is 5.41 Å². The molecule has 0 aromatic rings. The first-order chi connectivity index (χ1) is 8.22. The summed E-state index contributed by atoms with van der Waals surface area (Å²) in [5.41, 5.74) is -0.751. The van der Waals surface area contributed by atoms with Gasteiger partial charge in [0.25, 0.3) is 0 Å². The molecule has 0 atom stereocenters. The van der Waals surface area contributed by atoms with E-state index < -0.39 is 5.41 Å². The van der Waals surface area contributed by atoms with Crippen LogP contribution in [0.1, 0.15) is 38.5 Å². The number of amides is 1. The van der Waals surface area contributed by atoms with Crippen molar-refractivity contribution in [2.24, 2.45) is 11.3 Å². The zero-order valence-electron chi connectivity index (χ0n) is 9.98.